The fraction of sp³-hybridized carbons (Fsp3) is 0.583. The molecule has 0 spiro atoms. The predicted octanol–water partition coefficient (Wildman–Crippen LogP) is 0.864. The molecule has 0 bridgehead atoms. The lowest BCUT2D eigenvalue weighted by molar-refractivity contribution is -0.122. The highest BCUT2D eigenvalue weighted by Crippen LogP contribution is 2.26. The third-order valence-electron chi connectivity index (χ3n) is 3.41. The highest BCUT2D eigenvalue weighted by Gasteiger charge is 2.34. The van der Waals surface area contributed by atoms with Gasteiger partial charge in [-0.25, -0.2) is 13.1 Å². The number of hydrogen-bond acceptors (Lipinski definition) is 4. The summed E-state index contributed by atoms with van der Waals surface area (Å²) in [5.41, 5.74) is 5.29. The lowest BCUT2D eigenvalue weighted by Gasteiger charge is -2.18. The number of rotatable bonds is 6. The van der Waals surface area contributed by atoms with E-state index >= 15 is 0 Å². The number of primary amides is 1. The lowest BCUT2D eigenvalue weighted by atomic mass is 10.0. The molecule has 0 unspecified atom stereocenters. The molecule has 1 aromatic heterocycles. The Labute approximate surface area is 117 Å². The van der Waals surface area contributed by atoms with Crippen LogP contribution in [0.2, 0.25) is 0 Å². The van der Waals surface area contributed by atoms with Gasteiger partial charge in [-0.3, -0.25) is 4.79 Å². The molecule has 0 aromatic carbocycles. The van der Waals surface area contributed by atoms with E-state index in [0.717, 1.165) is 11.3 Å². The first kappa shape index (κ1) is 14.5. The van der Waals surface area contributed by atoms with Crippen LogP contribution in [-0.4, -0.2) is 26.1 Å². The van der Waals surface area contributed by atoms with E-state index < -0.39 is 15.9 Å². The summed E-state index contributed by atoms with van der Waals surface area (Å²) in [6.07, 6.45) is 2.70. The van der Waals surface area contributed by atoms with Gasteiger partial charge in [-0.15, -0.1) is 11.3 Å². The van der Waals surface area contributed by atoms with Crippen molar-refractivity contribution >= 4 is 27.3 Å². The minimum atomic E-state index is -3.36. The van der Waals surface area contributed by atoms with Crippen molar-refractivity contribution in [1.29, 1.82) is 0 Å². The standard InChI is InChI=1S/C12H18N2O3S2/c13-12(15)10-4-1-5-11(10)14-19(16,17)8-6-9-3-2-7-18-9/h2-3,7,10-11,14H,1,4-6,8H2,(H2,13,15)/t10-,11-/m1/s1. The molecule has 1 amide bonds. The molecule has 0 aliphatic heterocycles. The molecule has 1 saturated carbocycles. The van der Waals surface area contributed by atoms with E-state index in [0.29, 0.717) is 19.3 Å². The maximum Gasteiger partial charge on any atom is 0.222 e. The zero-order valence-corrected chi connectivity index (χ0v) is 12.2. The van der Waals surface area contributed by atoms with Gasteiger partial charge in [0.1, 0.15) is 0 Å². The van der Waals surface area contributed by atoms with Crippen LogP contribution in [0.5, 0.6) is 0 Å². The Kier molecular flexibility index (Phi) is 4.59. The van der Waals surface area contributed by atoms with Crippen LogP contribution < -0.4 is 10.5 Å². The Morgan fingerprint density at radius 1 is 1.47 bits per heavy atom. The Morgan fingerprint density at radius 2 is 2.26 bits per heavy atom. The molecule has 2 atom stereocenters. The van der Waals surface area contributed by atoms with Crippen LogP contribution in [0.3, 0.4) is 0 Å². The molecule has 3 N–H and O–H groups in total. The quantitative estimate of drug-likeness (QED) is 0.817. The SMILES string of the molecule is NC(=O)[C@@H]1CCC[C@H]1NS(=O)(=O)CCc1cccs1. The highest BCUT2D eigenvalue weighted by molar-refractivity contribution is 7.89. The van der Waals surface area contributed by atoms with Gasteiger partial charge in [0.05, 0.1) is 11.7 Å². The molecule has 106 valence electrons. The highest BCUT2D eigenvalue weighted by atomic mass is 32.2. The van der Waals surface area contributed by atoms with Gasteiger partial charge in [-0.05, 0) is 30.7 Å². The van der Waals surface area contributed by atoms with Gasteiger partial charge in [-0.2, -0.15) is 0 Å². The second-order valence-corrected chi connectivity index (χ2v) is 7.72. The van der Waals surface area contributed by atoms with Crippen molar-refractivity contribution < 1.29 is 13.2 Å². The third kappa shape index (κ3) is 4.02. The maximum atomic E-state index is 12.0. The van der Waals surface area contributed by atoms with E-state index in [2.05, 4.69) is 4.72 Å². The molecule has 5 nitrogen and oxygen atoms in total. The van der Waals surface area contributed by atoms with Crippen molar-refractivity contribution in [1.82, 2.24) is 4.72 Å². The lowest BCUT2D eigenvalue weighted by Crippen LogP contribution is -2.43. The Balaban J connectivity index is 1.91. The van der Waals surface area contributed by atoms with Crippen LogP contribution >= 0.6 is 11.3 Å². The average molecular weight is 302 g/mol. The number of carbonyl (C=O) groups excluding carboxylic acids is 1. The molecule has 0 saturated heterocycles. The van der Waals surface area contributed by atoms with E-state index in [1.54, 1.807) is 11.3 Å². The van der Waals surface area contributed by atoms with Gasteiger partial charge in [0.15, 0.2) is 0 Å². The summed E-state index contributed by atoms with van der Waals surface area (Å²) in [7, 11) is -3.36. The first-order valence-corrected chi connectivity index (χ1v) is 8.83. The molecule has 0 radical (unpaired) electrons. The molecule has 19 heavy (non-hydrogen) atoms. The Hall–Kier alpha value is -0.920. The maximum absolute atomic E-state index is 12.0. The van der Waals surface area contributed by atoms with Gasteiger partial charge < -0.3 is 5.73 Å². The van der Waals surface area contributed by atoms with E-state index in [4.69, 9.17) is 5.73 Å². The molecule has 1 fully saturated rings. The van der Waals surface area contributed by atoms with Crippen molar-refractivity contribution in [3.05, 3.63) is 22.4 Å². The van der Waals surface area contributed by atoms with Crippen LogP contribution in [0.25, 0.3) is 0 Å². The normalized spacial score (nSPS) is 23.6. The van der Waals surface area contributed by atoms with E-state index in [1.165, 1.54) is 0 Å². The monoisotopic (exact) mass is 302 g/mol. The number of carbonyl (C=O) groups is 1. The molecule has 1 aliphatic rings. The fourth-order valence-electron chi connectivity index (χ4n) is 2.42. The molecule has 2 rings (SSSR count). The summed E-state index contributed by atoms with van der Waals surface area (Å²) in [6.45, 7) is 0. The number of thiophene rings is 1. The second-order valence-electron chi connectivity index (χ2n) is 4.81. The zero-order valence-electron chi connectivity index (χ0n) is 10.5. The summed E-state index contributed by atoms with van der Waals surface area (Å²) in [5.74, 6) is -0.727. The van der Waals surface area contributed by atoms with E-state index in [9.17, 15) is 13.2 Å². The van der Waals surface area contributed by atoms with Crippen LogP contribution in [0.15, 0.2) is 17.5 Å². The largest absolute Gasteiger partial charge is 0.369 e. The Morgan fingerprint density at radius 3 is 2.89 bits per heavy atom. The molecule has 1 heterocycles. The van der Waals surface area contributed by atoms with Gasteiger partial charge in [0.25, 0.3) is 0 Å². The van der Waals surface area contributed by atoms with Crippen LogP contribution in [0, 0.1) is 5.92 Å². The summed E-state index contributed by atoms with van der Waals surface area (Å²) in [4.78, 5) is 12.3. The molecule has 7 heteroatoms. The number of nitrogens with two attached hydrogens (primary N) is 1. The fourth-order valence-corrected chi connectivity index (χ4v) is 4.61. The second kappa shape index (κ2) is 6.02. The van der Waals surface area contributed by atoms with Crippen LogP contribution in [-0.2, 0) is 21.2 Å². The summed E-state index contributed by atoms with van der Waals surface area (Å²) in [6, 6.07) is 3.49. The van der Waals surface area contributed by atoms with Gasteiger partial charge in [0, 0.05) is 10.9 Å². The zero-order chi connectivity index (χ0) is 13.9. The first-order valence-electron chi connectivity index (χ1n) is 6.29. The Bertz CT molecular complexity index is 525. The summed E-state index contributed by atoms with van der Waals surface area (Å²) < 4.78 is 26.6. The van der Waals surface area contributed by atoms with Crippen LogP contribution in [0.1, 0.15) is 24.1 Å². The third-order valence-corrected chi connectivity index (χ3v) is 5.75. The molecular weight excluding hydrogens is 284 g/mol. The minimum Gasteiger partial charge on any atom is -0.369 e. The van der Waals surface area contributed by atoms with E-state index in [1.807, 2.05) is 17.5 Å². The van der Waals surface area contributed by atoms with Crippen LogP contribution in [0.4, 0.5) is 0 Å². The topological polar surface area (TPSA) is 89.3 Å². The number of aryl methyl sites for hydroxylation is 1. The van der Waals surface area contributed by atoms with Gasteiger partial charge in [0.2, 0.25) is 15.9 Å². The summed E-state index contributed by atoms with van der Waals surface area (Å²) >= 11 is 1.55. The number of sulfonamides is 1. The van der Waals surface area contributed by atoms with Crippen molar-refractivity contribution in [2.24, 2.45) is 11.7 Å². The average Bonchev–Trinajstić information content (AvgIpc) is 2.95. The van der Waals surface area contributed by atoms with Crippen molar-refractivity contribution in [2.75, 3.05) is 5.75 Å². The summed E-state index contributed by atoms with van der Waals surface area (Å²) in [5, 5.41) is 1.93. The smallest absolute Gasteiger partial charge is 0.222 e. The van der Waals surface area contributed by atoms with Gasteiger partial charge in [-0.1, -0.05) is 12.5 Å². The van der Waals surface area contributed by atoms with Gasteiger partial charge >= 0.3 is 0 Å². The first-order chi connectivity index (χ1) is 8.98. The number of hydrogen-bond donors (Lipinski definition) is 2. The predicted molar refractivity (Wildman–Crippen MR) is 75.3 cm³/mol. The number of amides is 1. The van der Waals surface area contributed by atoms with E-state index in [-0.39, 0.29) is 17.7 Å². The van der Waals surface area contributed by atoms with Crippen molar-refractivity contribution in [2.45, 2.75) is 31.7 Å². The number of nitrogens with one attached hydrogen (secondary N) is 1. The van der Waals surface area contributed by atoms with Crippen molar-refractivity contribution in [3.8, 4) is 0 Å². The molecule has 1 aromatic rings. The molecular formula is C12H18N2O3S2. The molecule has 1 aliphatic carbocycles. The minimum absolute atomic E-state index is 0.0511. The van der Waals surface area contributed by atoms with Crippen molar-refractivity contribution in [3.63, 3.8) is 0 Å².